The zero-order valence-corrected chi connectivity index (χ0v) is 11.7. The van der Waals surface area contributed by atoms with E-state index in [1.54, 1.807) is 0 Å². The Labute approximate surface area is 120 Å². The molecular formula is C14H16F3N3O. The number of imidazole rings is 1. The van der Waals surface area contributed by atoms with Crippen molar-refractivity contribution in [3.05, 3.63) is 30.1 Å². The van der Waals surface area contributed by atoms with Crippen LogP contribution in [0.15, 0.2) is 24.3 Å². The number of rotatable bonds is 4. The number of hydrogen-bond donors (Lipinski definition) is 1. The first-order valence-corrected chi connectivity index (χ1v) is 6.50. The molecule has 0 radical (unpaired) electrons. The summed E-state index contributed by atoms with van der Waals surface area (Å²) in [5, 5.41) is 0. The Morgan fingerprint density at radius 2 is 1.86 bits per heavy atom. The van der Waals surface area contributed by atoms with Gasteiger partial charge in [-0.2, -0.15) is 0 Å². The summed E-state index contributed by atoms with van der Waals surface area (Å²) >= 11 is 0. The summed E-state index contributed by atoms with van der Waals surface area (Å²) in [6, 6.07) is 5.51. The standard InChI is InChI=1S/C14H16F3N3O/c1-3-8-20-9(2)19-12(13(20)18)10-4-6-11(7-5-10)21-14(15,16)17/h4-7H,3,8,18H2,1-2H3. The van der Waals surface area contributed by atoms with Gasteiger partial charge in [-0.05, 0) is 37.6 Å². The number of ether oxygens (including phenoxy) is 1. The summed E-state index contributed by atoms with van der Waals surface area (Å²) in [6.07, 6.45) is -3.78. The van der Waals surface area contributed by atoms with Gasteiger partial charge in [0.2, 0.25) is 0 Å². The average Bonchev–Trinajstić information content (AvgIpc) is 2.66. The first-order chi connectivity index (χ1) is 9.81. The van der Waals surface area contributed by atoms with Crippen LogP contribution in [0.2, 0.25) is 0 Å². The molecule has 0 saturated heterocycles. The van der Waals surface area contributed by atoms with Crippen molar-refractivity contribution in [3.8, 4) is 17.0 Å². The highest BCUT2D eigenvalue weighted by Crippen LogP contribution is 2.29. The van der Waals surface area contributed by atoms with Crippen molar-refractivity contribution in [2.45, 2.75) is 33.2 Å². The van der Waals surface area contributed by atoms with Crippen LogP contribution >= 0.6 is 0 Å². The second kappa shape index (κ2) is 5.67. The number of anilines is 1. The van der Waals surface area contributed by atoms with E-state index in [-0.39, 0.29) is 5.75 Å². The fraction of sp³-hybridized carbons (Fsp3) is 0.357. The summed E-state index contributed by atoms with van der Waals surface area (Å²) in [4.78, 5) is 4.38. The maximum Gasteiger partial charge on any atom is 0.573 e. The van der Waals surface area contributed by atoms with Crippen LogP contribution < -0.4 is 10.5 Å². The molecular weight excluding hydrogens is 283 g/mol. The largest absolute Gasteiger partial charge is 0.573 e. The Balaban J connectivity index is 2.29. The van der Waals surface area contributed by atoms with E-state index in [4.69, 9.17) is 5.73 Å². The number of hydrogen-bond acceptors (Lipinski definition) is 3. The Bertz CT molecular complexity index is 618. The van der Waals surface area contributed by atoms with Gasteiger partial charge in [-0.15, -0.1) is 13.2 Å². The molecule has 0 spiro atoms. The van der Waals surface area contributed by atoms with Crippen molar-refractivity contribution >= 4 is 5.82 Å². The van der Waals surface area contributed by atoms with Crippen LogP contribution in [0.4, 0.5) is 19.0 Å². The molecule has 0 amide bonds. The molecule has 0 aliphatic carbocycles. The van der Waals surface area contributed by atoms with E-state index in [1.807, 2.05) is 18.4 Å². The number of nitrogens with zero attached hydrogens (tertiary/aromatic N) is 2. The highest BCUT2D eigenvalue weighted by Gasteiger charge is 2.31. The van der Waals surface area contributed by atoms with Gasteiger partial charge >= 0.3 is 6.36 Å². The third-order valence-corrected chi connectivity index (χ3v) is 3.01. The zero-order chi connectivity index (χ0) is 15.6. The van der Waals surface area contributed by atoms with Crippen LogP contribution in [0.5, 0.6) is 5.75 Å². The fourth-order valence-electron chi connectivity index (χ4n) is 2.11. The van der Waals surface area contributed by atoms with Crippen LogP contribution in [-0.4, -0.2) is 15.9 Å². The highest BCUT2D eigenvalue weighted by atomic mass is 19.4. The van der Waals surface area contributed by atoms with Gasteiger partial charge in [-0.1, -0.05) is 6.92 Å². The lowest BCUT2D eigenvalue weighted by Gasteiger charge is -2.09. The van der Waals surface area contributed by atoms with E-state index in [0.29, 0.717) is 17.1 Å². The number of alkyl halides is 3. The molecule has 21 heavy (non-hydrogen) atoms. The molecule has 4 nitrogen and oxygen atoms in total. The second-order valence-electron chi connectivity index (χ2n) is 4.62. The molecule has 0 bridgehead atoms. The summed E-state index contributed by atoms with van der Waals surface area (Å²) in [6.45, 7) is 4.62. The lowest BCUT2D eigenvalue weighted by Crippen LogP contribution is -2.16. The molecule has 1 aromatic heterocycles. The number of nitrogens with two attached hydrogens (primary N) is 1. The molecule has 7 heteroatoms. The normalized spacial score (nSPS) is 11.7. The Hall–Kier alpha value is -2.18. The summed E-state index contributed by atoms with van der Waals surface area (Å²) < 4.78 is 42.1. The van der Waals surface area contributed by atoms with Gasteiger partial charge in [-0.3, -0.25) is 0 Å². The van der Waals surface area contributed by atoms with Gasteiger partial charge in [0.25, 0.3) is 0 Å². The number of nitrogen functional groups attached to an aromatic ring is 1. The van der Waals surface area contributed by atoms with E-state index in [9.17, 15) is 13.2 Å². The van der Waals surface area contributed by atoms with Gasteiger partial charge in [-0.25, -0.2) is 4.98 Å². The molecule has 0 aliphatic heterocycles. The minimum Gasteiger partial charge on any atom is -0.406 e. The molecule has 2 N–H and O–H groups in total. The number of benzene rings is 1. The summed E-state index contributed by atoms with van der Waals surface area (Å²) in [7, 11) is 0. The van der Waals surface area contributed by atoms with Gasteiger partial charge < -0.3 is 15.0 Å². The third-order valence-electron chi connectivity index (χ3n) is 3.01. The van der Waals surface area contributed by atoms with Crippen molar-refractivity contribution in [1.82, 2.24) is 9.55 Å². The van der Waals surface area contributed by atoms with Crippen LogP contribution in [0, 0.1) is 6.92 Å². The third kappa shape index (κ3) is 3.48. The summed E-state index contributed by atoms with van der Waals surface area (Å²) in [5.74, 6) is 1.02. The zero-order valence-electron chi connectivity index (χ0n) is 11.7. The Kier molecular flexibility index (Phi) is 4.11. The first kappa shape index (κ1) is 15.2. The van der Waals surface area contributed by atoms with Crippen molar-refractivity contribution in [2.75, 3.05) is 5.73 Å². The minimum absolute atomic E-state index is 0.269. The van der Waals surface area contributed by atoms with Gasteiger partial charge in [0.1, 0.15) is 23.1 Å². The molecule has 0 unspecified atom stereocenters. The molecule has 0 saturated carbocycles. The van der Waals surface area contributed by atoms with Crippen molar-refractivity contribution in [2.24, 2.45) is 0 Å². The molecule has 2 rings (SSSR count). The van der Waals surface area contributed by atoms with Crippen LogP contribution in [0.3, 0.4) is 0 Å². The minimum atomic E-state index is -4.69. The topological polar surface area (TPSA) is 53.1 Å². The summed E-state index contributed by atoms with van der Waals surface area (Å²) in [5.41, 5.74) is 7.27. The highest BCUT2D eigenvalue weighted by molar-refractivity contribution is 5.71. The smallest absolute Gasteiger partial charge is 0.406 e. The molecule has 114 valence electrons. The quantitative estimate of drug-likeness (QED) is 0.935. The van der Waals surface area contributed by atoms with Crippen molar-refractivity contribution < 1.29 is 17.9 Å². The maximum absolute atomic E-state index is 12.1. The van der Waals surface area contributed by atoms with Crippen LogP contribution in [0.25, 0.3) is 11.3 Å². The van der Waals surface area contributed by atoms with E-state index in [1.165, 1.54) is 24.3 Å². The monoisotopic (exact) mass is 299 g/mol. The average molecular weight is 299 g/mol. The molecule has 0 fully saturated rings. The van der Waals surface area contributed by atoms with E-state index in [2.05, 4.69) is 9.72 Å². The SMILES string of the molecule is CCCn1c(C)nc(-c2ccc(OC(F)(F)F)cc2)c1N. The Morgan fingerprint density at radius 1 is 1.24 bits per heavy atom. The number of aromatic nitrogens is 2. The maximum atomic E-state index is 12.1. The van der Waals surface area contributed by atoms with E-state index in [0.717, 1.165) is 18.8 Å². The lowest BCUT2D eigenvalue weighted by molar-refractivity contribution is -0.274. The molecule has 1 heterocycles. The van der Waals surface area contributed by atoms with E-state index < -0.39 is 6.36 Å². The van der Waals surface area contributed by atoms with Crippen LogP contribution in [-0.2, 0) is 6.54 Å². The first-order valence-electron chi connectivity index (χ1n) is 6.50. The number of aryl methyl sites for hydroxylation is 1. The predicted molar refractivity (Wildman–Crippen MR) is 73.8 cm³/mol. The molecule has 1 aromatic carbocycles. The van der Waals surface area contributed by atoms with E-state index >= 15 is 0 Å². The van der Waals surface area contributed by atoms with Crippen molar-refractivity contribution in [1.29, 1.82) is 0 Å². The van der Waals surface area contributed by atoms with Crippen LogP contribution in [0.1, 0.15) is 19.2 Å². The Morgan fingerprint density at radius 3 is 2.38 bits per heavy atom. The van der Waals surface area contributed by atoms with Gasteiger partial charge in [0.05, 0.1) is 0 Å². The fourth-order valence-corrected chi connectivity index (χ4v) is 2.11. The lowest BCUT2D eigenvalue weighted by atomic mass is 10.1. The van der Waals surface area contributed by atoms with Gasteiger partial charge in [0, 0.05) is 12.1 Å². The predicted octanol–water partition coefficient (Wildman–Crippen LogP) is 3.75. The van der Waals surface area contributed by atoms with Crippen molar-refractivity contribution in [3.63, 3.8) is 0 Å². The number of halogens is 3. The molecule has 0 aliphatic rings. The second-order valence-corrected chi connectivity index (χ2v) is 4.62. The molecule has 0 atom stereocenters. The molecule has 2 aromatic rings. The van der Waals surface area contributed by atoms with Gasteiger partial charge in [0.15, 0.2) is 0 Å².